The summed E-state index contributed by atoms with van der Waals surface area (Å²) in [6.07, 6.45) is 1.13. The molecule has 1 fully saturated rings. The Hall–Kier alpha value is -3.04. The number of aromatic nitrogens is 1. The number of aromatic amines is 1. The number of nitrogens with one attached hydrogen (secondary N) is 2. The molecule has 0 radical (unpaired) electrons. The van der Waals surface area contributed by atoms with Crippen LogP contribution in [-0.4, -0.2) is 70.8 Å². The molecule has 5 rings (SSSR count). The molecule has 37 heavy (non-hydrogen) atoms. The lowest BCUT2D eigenvalue weighted by Gasteiger charge is -2.42. The molecule has 1 aromatic heterocycles. The molecule has 3 heterocycles. The summed E-state index contributed by atoms with van der Waals surface area (Å²) in [4.78, 5) is 19.1. The van der Waals surface area contributed by atoms with Gasteiger partial charge in [-0.1, -0.05) is 25.1 Å². The normalized spacial score (nSPS) is 21.5. The number of H-pyrrole nitrogens is 1. The molecule has 1 saturated heterocycles. The highest BCUT2D eigenvalue weighted by molar-refractivity contribution is 5.85. The number of carboxylic acid groups (broad SMARTS) is 1. The average molecular weight is 515 g/mol. The molecule has 0 aliphatic carbocycles. The van der Waals surface area contributed by atoms with Gasteiger partial charge < -0.3 is 15.4 Å². The van der Waals surface area contributed by atoms with Crippen LogP contribution in [-0.2, 0) is 11.2 Å². The van der Waals surface area contributed by atoms with Gasteiger partial charge in [-0.3, -0.25) is 19.0 Å². The van der Waals surface area contributed by atoms with E-state index >= 15 is 8.78 Å². The number of rotatable bonds is 9. The molecule has 6 nitrogen and oxygen atoms in total. The van der Waals surface area contributed by atoms with Gasteiger partial charge in [-0.15, -0.1) is 0 Å². The number of benzene rings is 2. The minimum Gasteiger partial charge on any atom is -0.481 e. The third-order valence-electron chi connectivity index (χ3n) is 7.71. The Kier molecular flexibility index (Phi) is 7.18. The number of aliphatic carboxylic acids is 1. The number of para-hydroxylation sites is 1. The second-order valence-corrected chi connectivity index (χ2v) is 10.5. The number of alkyl halides is 1. The van der Waals surface area contributed by atoms with E-state index in [9.17, 15) is 14.3 Å². The van der Waals surface area contributed by atoms with Gasteiger partial charge in [-0.2, -0.15) is 0 Å². The number of fused-ring (bicyclic) bond motifs is 3. The number of likely N-dealkylation sites (tertiary alicyclic amines) is 1. The summed E-state index contributed by atoms with van der Waals surface area (Å²) in [5.74, 6) is -3.00. The van der Waals surface area contributed by atoms with Crippen molar-refractivity contribution in [2.75, 3.05) is 38.2 Å². The van der Waals surface area contributed by atoms with Crippen molar-refractivity contribution in [1.29, 1.82) is 0 Å². The van der Waals surface area contributed by atoms with E-state index in [1.165, 1.54) is 12.1 Å². The summed E-state index contributed by atoms with van der Waals surface area (Å²) in [5, 5.41) is 13.8. The Morgan fingerprint density at radius 2 is 1.92 bits per heavy atom. The summed E-state index contributed by atoms with van der Waals surface area (Å²) in [6.45, 7) is 5.46. The summed E-state index contributed by atoms with van der Waals surface area (Å²) in [6, 6.07) is 9.57. The van der Waals surface area contributed by atoms with E-state index in [1.807, 2.05) is 36.1 Å². The van der Waals surface area contributed by atoms with Crippen molar-refractivity contribution >= 4 is 22.6 Å². The van der Waals surface area contributed by atoms with Crippen LogP contribution in [0.15, 0.2) is 36.4 Å². The molecule has 2 aliphatic heterocycles. The minimum absolute atomic E-state index is 0.0483. The summed E-state index contributed by atoms with van der Waals surface area (Å²) in [5.41, 5.74) is 2.88. The van der Waals surface area contributed by atoms with Gasteiger partial charge >= 0.3 is 5.97 Å². The summed E-state index contributed by atoms with van der Waals surface area (Å²) >= 11 is 0. The van der Waals surface area contributed by atoms with Gasteiger partial charge in [0.1, 0.15) is 11.6 Å². The first kappa shape index (κ1) is 25.6. The van der Waals surface area contributed by atoms with Gasteiger partial charge in [0.2, 0.25) is 0 Å². The maximum atomic E-state index is 15.8. The van der Waals surface area contributed by atoms with Crippen LogP contribution in [0.1, 0.15) is 43.1 Å². The van der Waals surface area contributed by atoms with E-state index < -0.39 is 29.6 Å². The molecule has 2 aromatic carbocycles. The first-order chi connectivity index (χ1) is 17.8. The van der Waals surface area contributed by atoms with Crippen LogP contribution in [0.3, 0.4) is 0 Å². The van der Waals surface area contributed by atoms with Crippen LogP contribution >= 0.6 is 0 Å². The van der Waals surface area contributed by atoms with Gasteiger partial charge in [-0.25, -0.2) is 8.78 Å². The van der Waals surface area contributed by atoms with Gasteiger partial charge in [0.25, 0.3) is 0 Å². The van der Waals surface area contributed by atoms with Crippen molar-refractivity contribution in [1.82, 2.24) is 14.8 Å². The van der Waals surface area contributed by atoms with Crippen LogP contribution in [0.25, 0.3) is 10.9 Å². The van der Waals surface area contributed by atoms with Crippen molar-refractivity contribution in [3.63, 3.8) is 0 Å². The number of hydrogen-bond donors (Lipinski definition) is 3. The standard InChI is InChI=1S/C28H33F3N4O2/c1-16(28(36)37)13-35-17(2)10-21-20-6-3-4-7-24(20)33-26(21)27(35)25-22(30)11-18(12-23(25)31)32-19-14-34(15-19)9-5-8-29/h3-4,6-7,11-12,16-17,19,27,32-33H,5,8-10,13-15H2,1-2H3,(H,36,37)/t16-,17+,27+/m0/s1. The lowest BCUT2D eigenvalue weighted by atomic mass is 9.87. The van der Waals surface area contributed by atoms with Crippen LogP contribution in [0.2, 0.25) is 0 Å². The second-order valence-electron chi connectivity index (χ2n) is 10.5. The number of nitrogens with zero attached hydrogens (tertiary/aromatic N) is 2. The van der Waals surface area contributed by atoms with E-state index in [-0.39, 0.29) is 30.9 Å². The minimum atomic E-state index is -0.949. The topological polar surface area (TPSA) is 71.6 Å². The maximum absolute atomic E-state index is 15.8. The Bertz CT molecular complexity index is 1270. The smallest absolute Gasteiger partial charge is 0.307 e. The lowest BCUT2D eigenvalue weighted by Crippen LogP contribution is -2.54. The molecule has 0 bridgehead atoms. The second kappa shape index (κ2) is 10.4. The molecule has 9 heteroatoms. The van der Waals surface area contributed by atoms with Crippen molar-refractivity contribution < 1.29 is 23.1 Å². The molecule has 3 aromatic rings. The number of carbonyl (C=O) groups is 1. The zero-order chi connectivity index (χ0) is 26.3. The molecule has 198 valence electrons. The maximum Gasteiger partial charge on any atom is 0.307 e. The van der Waals surface area contributed by atoms with Gasteiger partial charge in [0, 0.05) is 60.1 Å². The molecular formula is C28H33F3N4O2. The molecule has 0 amide bonds. The van der Waals surface area contributed by atoms with E-state index in [2.05, 4.69) is 15.2 Å². The van der Waals surface area contributed by atoms with Crippen LogP contribution < -0.4 is 5.32 Å². The van der Waals surface area contributed by atoms with Gasteiger partial charge in [0.15, 0.2) is 0 Å². The highest BCUT2D eigenvalue weighted by atomic mass is 19.1. The first-order valence-corrected chi connectivity index (χ1v) is 12.9. The number of hydrogen-bond acceptors (Lipinski definition) is 4. The fourth-order valence-corrected chi connectivity index (χ4v) is 5.79. The highest BCUT2D eigenvalue weighted by Gasteiger charge is 2.40. The third kappa shape index (κ3) is 4.94. The van der Waals surface area contributed by atoms with Crippen molar-refractivity contribution in [2.45, 2.75) is 44.8 Å². The molecule has 0 saturated carbocycles. The molecule has 0 unspecified atom stereocenters. The molecule has 3 atom stereocenters. The quantitative estimate of drug-likeness (QED) is 0.377. The monoisotopic (exact) mass is 514 g/mol. The SMILES string of the molecule is C[C@@H]1Cc2c([nH]c3ccccc23)[C@@H](c2c(F)cc(NC3CN(CCCF)C3)cc2F)N1C[C@H](C)C(=O)O. The van der Waals surface area contributed by atoms with Crippen LogP contribution in [0.5, 0.6) is 0 Å². The molecular weight excluding hydrogens is 481 g/mol. The summed E-state index contributed by atoms with van der Waals surface area (Å²) < 4.78 is 43.9. The Morgan fingerprint density at radius 1 is 1.22 bits per heavy atom. The highest BCUT2D eigenvalue weighted by Crippen LogP contribution is 2.43. The fourth-order valence-electron chi connectivity index (χ4n) is 5.79. The number of carboxylic acids is 1. The molecule has 0 spiro atoms. The Balaban J connectivity index is 1.49. The van der Waals surface area contributed by atoms with E-state index in [0.717, 1.165) is 16.5 Å². The average Bonchev–Trinajstić information content (AvgIpc) is 3.19. The van der Waals surface area contributed by atoms with Crippen LogP contribution in [0.4, 0.5) is 18.9 Å². The largest absolute Gasteiger partial charge is 0.481 e. The Labute approximate surface area is 214 Å². The number of anilines is 1. The van der Waals surface area contributed by atoms with E-state index in [1.54, 1.807) is 6.92 Å². The molecule has 2 aliphatic rings. The Morgan fingerprint density at radius 3 is 2.59 bits per heavy atom. The predicted molar refractivity (Wildman–Crippen MR) is 138 cm³/mol. The first-order valence-electron chi connectivity index (χ1n) is 12.9. The lowest BCUT2D eigenvalue weighted by molar-refractivity contribution is -0.142. The zero-order valence-corrected chi connectivity index (χ0v) is 21.1. The van der Waals surface area contributed by atoms with E-state index in [4.69, 9.17) is 0 Å². The van der Waals surface area contributed by atoms with Crippen molar-refractivity contribution in [2.24, 2.45) is 5.92 Å². The van der Waals surface area contributed by atoms with Crippen LogP contribution in [0, 0.1) is 17.6 Å². The van der Waals surface area contributed by atoms with Crippen molar-refractivity contribution in [3.05, 3.63) is 64.9 Å². The predicted octanol–water partition coefficient (Wildman–Crippen LogP) is 4.96. The van der Waals surface area contributed by atoms with Gasteiger partial charge in [-0.05, 0) is 43.5 Å². The molecule has 3 N–H and O–H groups in total. The third-order valence-corrected chi connectivity index (χ3v) is 7.71. The van der Waals surface area contributed by atoms with Crippen molar-refractivity contribution in [3.8, 4) is 0 Å². The van der Waals surface area contributed by atoms with E-state index in [0.29, 0.717) is 43.9 Å². The fraction of sp³-hybridized carbons (Fsp3) is 0.464. The zero-order valence-electron chi connectivity index (χ0n) is 21.1. The summed E-state index contributed by atoms with van der Waals surface area (Å²) in [7, 11) is 0. The van der Waals surface area contributed by atoms with Gasteiger partial charge in [0.05, 0.1) is 24.7 Å². The number of halogens is 3.